The molecule has 0 spiro atoms. The van der Waals surface area contributed by atoms with Crippen LogP contribution in [-0.4, -0.2) is 101 Å². The van der Waals surface area contributed by atoms with Crippen LogP contribution in [0.4, 0.5) is 0 Å². The zero-order valence-corrected chi connectivity index (χ0v) is 17.5. The van der Waals surface area contributed by atoms with Crippen LogP contribution in [0.25, 0.3) is 0 Å². The SMILES string of the molecule is C[C@@H](O)[C@H]1C(=O)N2C(C(=O)O)=C(SCCN3CCN(C)CC3)[C@H](CCCN)[C@H]12. The Kier molecular flexibility index (Phi) is 7.03. The van der Waals surface area contributed by atoms with E-state index >= 15 is 0 Å². The van der Waals surface area contributed by atoms with Crippen LogP contribution in [0.15, 0.2) is 10.6 Å². The summed E-state index contributed by atoms with van der Waals surface area (Å²) >= 11 is 1.56. The lowest BCUT2D eigenvalue weighted by Gasteiger charge is -2.47. The number of β-lactam (4-membered cyclic amide) rings is 1. The number of hydrogen-bond donors (Lipinski definition) is 3. The van der Waals surface area contributed by atoms with Gasteiger partial charge in [-0.3, -0.25) is 9.69 Å². The van der Waals surface area contributed by atoms with Gasteiger partial charge in [-0.05, 0) is 33.4 Å². The average molecular weight is 413 g/mol. The fourth-order valence-corrected chi connectivity index (χ4v) is 5.91. The number of nitrogens with zero attached hydrogens (tertiary/aromatic N) is 3. The molecule has 0 bridgehead atoms. The summed E-state index contributed by atoms with van der Waals surface area (Å²) in [5.41, 5.74) is 5.82. The quantitative estimate of drug-likeness (QED) is 0.448. The number of carbonyl (C=O) groups is 2. The van der Waals surface area contributed by atoms with Crippen LogP contribution in [0.1, 0.15) is 19.8 Å². The minimum absolute atomic E-state index is 0.0514. The molecule has 0 aromatic heterocycles. The molecule has 4 N–H and O–H groups in total. The van der Waals surface area contributed by atoms with Gasteiger partial charge in [-0.25, -0.2) is 4.79 Å². The van der Waals surface area contributed by atoms with E-state index in [1.807, 2.05) is 0 Å². The van der Waals surface area contributed by atoms with Gasteiger partial charge in [0, 0.05) is 49.3 Å². The molecular weight excluding hydrogens is 380 g/mol. The Morgan fingerprint density at radius 2 is 2.00 bits per heavy atom. The van der Waals surface area contributed by atoms with Crippen molar-refractivity contribution in [3.63, 3.8) is 0 Å². The molecule has 3 rings (SSSR count). The van der Waals surface area contributed by atoms with Gasteiger partial charge < -0.3 is 25.7 Å². The van der Waals surface area contributed by atoms with Crippen molar-refractivity contribution in [3.8, 4) is 0 Å². The molecule has 28 heavy (non-hydrogen) atoms. The predicted octanol–water partition coefficient (Wildman–Crippen LogP) is -0.160. The molecule has 1 amide bonds. The zero-order chi connectivity index (χ0) is 20.4. The molecule has 3 aliphatic rings. The van der Waals surface area contributed by atoms with E-state index in [0.29, 0.717) is 6.54 Å². The summed E-state index contributed by atoms with van der Waals surface area (Å²) in [4.78, 5) is 31.4. The Morgan fingerprint density at radius 3 is 2.57 bits per heavy atom. The largest absolute Gasteiger partial charge is 0.477 e. The monoisotopic (exact) mass is 412 g/mol. The first kappa shape index (κ1) is 21.6. The highest BCUT2D eigenvalue weighted by Crippen LogP contribution is 2.52. The van der Waals surface area contributed by atoms with Gasteiger partial charge in [-0.1, -0.05) is 0 Å². The Bertz CT molecular complexity index is 633. The molecule has 0 aliphatic carbocycles. The van der Waals surface area contributed by atoms with E-state index in [0.717, 1.165) is 56.2 Å². The number of likely N-dealkylation sites (N-methyl/N-ethyl adjacent to an activating group) is 1. The normalized spacial score (nSPS) is 29.8. The first-order chi connectivity index (χ1) is 13.4. The number of aliphatic hydroxyl groups excluding tert-OH is 1. The van der Waals surface area contributed by atoms with Crippen molar-refractivity contribution in [2.45, 2.75) is 31.9 Å². The van der Waals surface area contributed by atoms with Gasteiger partial charge in [0.25, 0.3) is 0 Å². The third kappa shape index (κ3) is 4.09. The van der Waals surface area contributed by atoms with E-state index in [2.05, 4.69) is 16.8 Å². The van der Waals surface area contributed by atoms with Crippen LogP contribution in [0, 0.1) is 11.8 Å². The molecule has 0 aromatic rings. The fraction of sp³-hybridized carbons (Fsp3) is 0.789. The lowest BCUT2D eigenvalue weighted by atomic mass is 9.77. The summed E-state index contributed by atoms with van der Waals surface area (Å²) in [5, 5.41) is 19.9. The number of piperazine rings is 1. The van der Waals surface area contributed by atoms with Crippen LogP contribution < -0.4 is 5.73 Å². The Morgan fingerprint density at radius 1 is 1.32 bits per heavy atom. The minimum Gasteiger partial charge on any atom is -0.477 e. The van der Waals surface area contributed by atoms with Crippen molar-refractivity contribution in [3.05, 3.63) is 10.6 Å². The second kappa shape index (κ2) is 9.13. The summed E-state index contributed by atoms with van der Waals surface area (Å²) in [6.45, 7) is 7.18. The van der Waals surface area contributed by atoms with E-state index in [1.54, 1.807) is 18.7 Å². The summed E-state index contributed by atoms with van der Waals surface area (Å²) in [6, 6.07) is -0.253. The van der Waals surface area contributed by atoms with E-state index in [-0.39, 0.29) is 23.6 Å². The highest BCUT2D eigenvalue weighted by Gasteiger charge is 2.60. The summed E-state index contributed by atoms with van der Waals surface area (Å²) in [5.74, 6) is -1.11. The van der Waals surface area contributed by atoms with Crippen molar-refractivity contribution >= 4 is 23.6 Å². The van der Waals surface area contributed by atoms with Crippen molar-refractivity contribution < 1.29 is 19.8 Å². The maximum atomic E-state index is 12.5. The average Bonchev–Trinajstić information content (AvgIpc) is 2.91. The summed E-state index contributed by atoms with van der Waals surface area (Å²) < 4.78 is 0. The van der Waals surface area contributed by atoms with Gasteiger partial charge in [-0.15, -0.1) is 11.8 Å². The molecule has 8 nitrogen and oxygen atoms in total. The minimum atomic E-state index is -1.06. The van der Waals surface area contributed by atoms with Crippen LogP contribution >= 0.6 is 11.8 Å². The summed E-state index contributed by atoms with van der Waals surface area (Å²) in [6.07, 6.45) is 0.728. The number of aliphatic hydroxyl groups is 1. The standard InChI is InChI=1S/C19H32N4O4S/c1-12(24)14-15-13(4-3-5-20)17(16(19(26)27)23(15)18(14)25)28-11-10-22-8-6-21(2)7-9-22/h12-15,24H,3-11,20H2,1-2H3,(H,26,27)/t12-,13-,14-,15-/m1/s1. The van der Waals surface area contributed by atoms with Crippen LogP contribution in [-0.2, 0) is 9.59 Å². The molecule has 2 saturated heterocycles. The number of rotatable bonds is 9. The highest BCUT2D eigenvalue weighted by atomic mass is 32.2. The van der Waals surface area contributed by atoms with Crippen molar-refractivity contribution in [2.24, 2.45) is 17.6 Å². The highest BCUT2D eigenvalue weighted by molar-refractivity contribution is 8.03. The number of amides is 1. The van der Waals surface area contributed by atoms with Crippen molar-refractivity contribution in [1.29, 1.82) is 0 Å². The van der Waals surface area contributed by atoms with E-state index in [9.17, 15) is 19.8 Å². The van der Waals surface area contributed by atoms with Gasteiger partial charge >= 0.3 is 5.97 Å². The molecule has 3 aliphatic heterocycles. The number of carboxylic acid groups (broad SMARTS) is 1. The van der Waals surface area contributed by atoms with Gasteiger partial charge in [0.05, 0.1) is 18.1 Å². The van der Waals surface area contributed by atoms with E-state index in [1.165, 1.54) is 4.90 Å². The molecule has 0 aromatic carbocycles. The fourth-order valence-electron chi connectivity index (χ4n) is 4.54. The number of aliphatic carboxylic acids is 1. The molecular formula is C19H32N4O4S. The number of fused-ring (bicyclic) bond motifs is 1. The Labute approximate surface area is 170 Å². The zero-order valence-electron chi connectivity index (χ0n) is 16.7. The third-order valence-corrected chi connectivity index (χ3v) is 7.31. The number of nitrogens with two attached hydrogens (primary N) is 1. The van der Waals surface area contributed by atoms with Crippen LogP contribution in [0.5, 0.6) is 0 Å². The molecule has 9 heteroatoms. The van der Waals surface area contributed by atoms with Crippen LogP contribution in [0.2, 0.25) is 0 Å². The van der Waals surface area contributed by atoms with Crippen LogP contribution in [0.3, 0.4) is 0 Å². The molecule has 158 valence electrons. The van der Waals surface area contributed by atoms with Gasteiger partial charge in [0.15, 0.2) is 0 Å². The molecule has 0 saturated carbocycles. The number of carboxylic acids is 1. The lowest BCUT2D eigenvalue weighted by Crippen LogP contribution is -2.63. The third-order valence-electron chi connectivity index (χ3n) is 6.11. The second-order valence-corrected chi connectivity index (χ2v) is 9.15. The van der Waals surface area contributed by atoms with E-state index < -0.39 is 18.0 Å². The Balaban J connectivity index is 1.73. The van der Waals surface area contributed by atoms with Crippen molar-refractivity contribution in [2.75, 3.05) is 52.1 Å². The summed E-state index contributed by atoms with van der Waals surface area (Å²) in [7, 11) is 2.12. The topological polar surface area (TPSA) is 110 Å². The molecule has 0 radical (unpaired) electrons. The van der Waals surface area contributed by atoms with Gasteiger partial charge in [-0.2, -0.15) is 0 Å². The predicted molar refractivity (Wildman–Crippen MR) is 109 cm³/mol. The smallest absolute Gasteiger partial charge is 0.353 e. The first-order valence-electron chi connectivity index (χ1n) is 10.1. The van der Waals surface area contributed by atoms with E-state index in [4.69, 9.17) is 5.73 Å². The number of carbonyl (C=O) groups excluding carboxylic acids is 1. The van der Waals surface area contributed by atoms with Gasteiger partial charge in [0.1, 0.15) is 5.70 Å². The second-order valence-electron chi connectivity index (χ2n) is 8.01. The molecule has 4 atom stereocenters. The van der Waals surface area contributed by atoms with Gasteiger partial charge in [0.2, 0.25) is 5.91 Å². The molecule has 0 unspecified atom stereocenters. The number of thioether (sulfide) groups is 1. The van der Waals surface area contributed by atoms with Crippen molar-refractivity contribution in [1.82, 2.24) is 14.7 Å². The molecule has 3 heterocycles. The maximum absolute atomic E-state index is 12.5. The lowest BCUT2D eigenvalue weighted by molar-refractivity contribution is -0.163. The number of hydrogen-bond acceptors (Lipinski definition) is 7. The first-order valence-corrected chi connectivity index (χ1v) is 11.1. The Hall–Kier alpha value is -1.13. The maximum Gasteiger partial charge on any atom is 0.353 e. The molecule has 2 fully saturated rings.